The van der Waals surface area contributed by atoms with Gasteiger partial charge in [0.05, 0.1) is 18.5 Å². The normalized spacial score (nSPS) is 18.8. The summed E-state index contributed by atoms with van der Waals surface area (Å²) in [6, 6.07) is 8.18. The first-order valence-corrected chi connectivity index (χ1v) is 14.5. The van der Waals surface area contributed by atoms with Crippen LogP contribution in [-0.4, -0.2) is 87.7 Å². The van der Waals surface area contributed by atoms with Gasteiger partial charge in [0.25, 0.3) is 5.91 Å². The molecule has 2 aromatic heterocycles. The third-order valence-electron chi connectivity index (χ3n) is 8.48. The number of benzene rings is 2. The SMILES string of the molecule is C=C(F)C(=O)N1CCN(c2nc(OCC3CCCN3C)nc3c(F)c(-c4cc(O)cc5ccc(F)cc45)cnc23)C[C@@H]1CC#N. The lowest BCUT2D eigenvalue weighted by Crippen LogP contribution is -2.55. The lowest BCUT2D eigenvalue weighted by Gasteiger charge is -2.41. The number of phenolic OH excluding ortho intramolecular Hbond substituents is 1. The monoisotopic (exact) mass is 617 g/mol. The summed E-state index contributed by atoms with van der Waals surface area (Å²) in [5.74, 6) is -3.23. The van der Waals surface area contributed by atoms with Gasteiger partial charge in [0.1, 0.15) is 29.2 Å². The number of aromatic nitrogens is 3. The predicted octanol–water partition coefficient (Wildman–Crippen LogP) is 4.72. The molecule has 2 aromatic carbocycles. The fourth-order valence-electron chi connectivity index (χ4n) is 6.13. The highest BCUT2D eigenvalue weighted by Crippen LogP contribution is 2.38. The summed E-state index contributed by atoms with van der Waals surface area (Å²) in [7, 11) is 1.99. The van der Waals surface area contributed by atoms with E-state index in [4.69, 9.17) is 4.74 Å². The summed E-state index contributed by atoms with van der Waals surface area (Å²) >= 11 is 0. The van der Waals surface area contributed by atoms with Gasteiger partial charge >= 0.3 is 6.01 Å². The van der Waals surface area contributed by atoms with Gasteiger partial charge in [0, 0.05) is 37.4 Å². The van der Waals surface area contributed by atoms with E-state index >= 15 is 4.39 Å². The molecular weight excluding hydrogens is 587 g/mol. The predicted molar refractivity (Wildman–Crippen MR) is 161 cm³/mol. The van der Waals surface area contributed by atoms with Crippen LogP contribution in [0.15, 0.2) is 48.9 Å². The van der Waals surface area contributed by atoms with Crippen molar-refractivity contribution < 1.29 is 27.8 Å². The van der Waals surface area contributed by atoms with Crippen molar-refractivity contribution in [1.82, 2.24) is 24.8 Å². The van der Waals surface area contributed by atoms with Gasteiger partial charge in [-0.1, -0.05) is 12.6 Å². The highest BCUT2D eigenvalue weighted by Gasteiger charge is 2.34. The molecule has 1 N–H and O–H groups in total. The standard InChI is InChI=1S/C32H30F3N7O3/c1-18(33)31(44)42-11-10-41(16-21(42)7-8-36)30-29-28(38-32(39-30)45-17-22-4-3-9-40(22)2)27(35)26(15-37-29)25-14-23(43)12-19-5-6-20(34)13-24(19)25/h5-6,12-15,21-22,43H,1,3-4,7,9-11,16-17H2,2H3/t21-,22?/m0/s1. The smallest absolute Gasteiger partial charge is 0.319 e. The van der Waals surface area contributed by atoms with Crippen LogP contribution >= 0.6 is 0 Å². The van der Waals surface area contributed by atoms with Gasteiger partial charge in [-0.2, -0.15) is 15.2 Å². The fourth-order valence-corrected chi connectivity index (χ4v) is 6.13. The number of nitrogens with zero attached hydrogens (tertiary/aromatic N) is 7. The lowest BCUT2D eigenvalue weighted by molar-refractivity contribution is -0.131. The number of hydrogen-bond donors (Lipinski definition) is 1. The van der Waals surface area contributed by atoms with Crippen LogP contribution in [0.1, 0.15) is 19.3 Å². The van der Waals surface area contributed by atoms with Gasteiger partial charge in [0.2, 0.25) is 0 Å². The first kappa shape index (κ1) is 30.1. The molecule has 0 aliphatic carbocycles. The Morgan fingerprint density at radius 2 is 1.96 bits per heavy atom. The summed E-state index contributed by atoms with van der Waals surface area (Å²) in [6.07, 6.45) is 3.13. The largest absolute Gasteiger partial charge is 0.508 e. The average Bonchev–Trinajstić information content (AvgIpc) is 3.44. The second kappa shape index (κ2) is 12.2. The molecule has 4 heterocycles. The molecule has 0 saturated carbocycles. The Kier molecular flexibility index (Phi) is 8.16. The van der Waals surface area contributed by atoms with Crippen molar-refractivity contribution in [1.29, 1.82) is 5.26 Å². The third kappa shape index (κ3) is 5.81. The number of anilines is 1. The van der Waals surface area contributed by atoms with Crippen LogP contribution in [0, 0.1) is 23.0 Å². The van der Waals surface area contributed by atoms with E-state index in [-0.39, 0.29) is 78.4 Å². The number of piperazine rings is 1. The summed E-state index contributed by atoms with van der Waals surface area (Å²) in [5.41, 5.74) is 0.147. The molecule has 0 spiro atoms. The molecule has 45 heavy (non-hydrogen) atoms. The number of phenols is 1. The van der Waals surface area contributed by atoms with E-state index in [0.717, 1.165) is 19.4 Å². The van der Waals surface area contributed by atoms with E-state index in [1.807, 2.05) is 13.1 Å². The molecular formula is C32H30F3N7O3. The second-order valence-corrected chi connectivity index (χ2v) is 11.3. The number of fused-ring (bicyclic) bond motifs is 2. The van der Waals surface area contributed by atoms with E-state index in [2.05, 4.69) is 26.4 Å². The zero-order valence-electron chi connectivity index (χ0n) is 24.5. The topological polar surface area (TPSA) is 119 Å². The van der Waals surface area contributed by atoms with Crippen LogP contribution in [0.25, 0.3) is 32.9 Å². The summed E-state index contributed by atoms with van der Waals surface area (Å²) in [6.45, 7) is 4.62. The number of halogens is 3. The summed E-state index contributed by atoms with van der Waals surface area (Å²) in [4.78, 5) is 31.2. The van der Waals surface area contributed by atoms with Crippen LogP contribution in [0.5, 0.6) is 11.8 Å². The molecule has 232 valence electrons. The Morgan fingerprint density at radius 3 is 2.69 bits per heavy atom. The molecule has 0 bridgehead atoms. The zero-order chi connectivity index (χ0) is 31.8. The molecule has 2 saturated heterocycles. The van der Waals surface area contributed by atoms with Crippen molar-refractivity contribution >= 4 is 33.5 Å². The Hall–Kier alpha value is -4.96. The van der Waals surface area contributed by atoms with Crippen molar-refractivity contribution in [3.63, 3.8) is 0 Å². The number of nitriles is 1. The Labute approximate surface area is 257 Å². The quantitative estimate of drug-likeness (QED) is 0.294. The van der Waals surface area contributed by atoms with Crippen molar-refractivity contribution in [3.05, 3.63) is 60.6 Å². The van der Waals surface area contributed by atoms with Crippen LogP contribution in [-0.2, 0) is 4.79 Å². The van der Waals surface area contributed by atoms with Crippen molar-refractivity contribution in [2.24, 2.45) is 0 Å². The molecule has 2 fully saturated rings. The maximum atomic E-state index is 16.6. The van der Waals surface area contributed by atoms with Crippen LogP contribution in [0.3, 0.4) is 0 Å². The molecule has 1 amide bonds. The number of aromatic hydroxyl groups is 1. The Balaban J connectivity index is 1.46. The van der Waals surface area contributed by atoms with Gasteiger partial charge in [-0.15, -0.1) is 0 Å². The minimum absolute atomic E-state index is 0.0145. The van der Waals surface area contributed by atoms with Gasteiger partial charge < -0.3 is 24.5 Å². The average molecular weight is 618 g/mol. The number of carbonyl (C=O) groups is 1. The zero-order valence-corrected chi connectivity index (χ0v) is 24.5. The van der Waals surface area contributed by atoms with Crippen LogP contribution < -0.4 is 9.64 Å². The number of likely N-dealkylation sites (tertiary alicyclic amines) is 1. The first-order chi connectivity index (χ1) is 21.6. The molecule has 4 aromatic rings. The maximum Gasteiger partial charge on any atom is 0.319 e. The summed E-state index contributed by atoms with van der Waals surface area (Å²) in [5, 5.41) is 20.7. The number of likely N-dealkylation sites (N-methyl/N-ethyl adjacent to an activating group) is 1. The number of carbonyl (C=O) groups excluding carboxylic acids is 1. The molecule has 10 nitrogen and oxygen atoms in total. The highest BCUT2D eigenvalue weighted by molar-refractivity contribution is 6.00. The van der Waals surface area contributed by atoms with E-state index in [9.17, 15) is 23.9 Å². The first-order valence-electron chi connectivity index (χ1n) is 14.5. The van der Waals surface area contributed by atoms with E-state index in [0.29, 0.717) is 10.8 Å². The molecule has 13 heteroatoms. The van der Waals surface area contributed by atoms with E-state index in [1.165, 1.54) is 41.4 Å². The van der Waals surface area contributed by atoms with E-state index < -0.39 is 29.4 Å². The van der Waals surface area contributed by atoms with Gasteiger partial charge in [-0.25, -0.2) is 18.2 Å². The highest BCUT2D eigenvalue weighted by atomic mass is 19.1. The molecule has 2 aliphatic rings. The Morgan fingerprint density at radius 1 is 1.13 bits per heavy atom. The molecule has 6 rings (SSSR count). The Bertz CT molecular complexity index is 1860. The second-order valence-electron chi connectivity index (χ2n) is 11.3. The van der Waals surface area contributed by atoms with Crippen LogP contribution in [0.4, 0.5) is 19.0 Å². The number of pyridine rings is 1. The third-order valence-corrected chi connectivity index (χ3v) is 8.48. The lowest BCUT2D eigenvalue weighted by atomic mass is 9.98. The van der Waals surface area contributed by atoms with Crippen LogP contribution in [0.2, 0.25) is 0 Å². The van der Waals surface area contributed by atoms with Gasteiger partial charge in [-0.3, -0.25) is 4.79 Å². The van der Waals surface area contributed by atoms with Crippen molar-refractivity contribution in [2.75, 3.05) is 44.7 Å². The van der Waals surface area contributed by atoms with Gasteiger partial charge in [0.15, 0.2) is 17.5 Å². The van der Waals surface area contributed by atoms with Gasteiger partial charge in [-0.05, 0) is 67.0 Å². The molecule has 2 atom stereocenters. The minimum atomic E-state index is -1.12. The minimum Gasteiger partial charge on any atom is -0.508 e. The van der Waals surface area contributed by atoms with Crippen molar-refractivity contribution in [2.45, 2.75) is 31.3 Å². The molecule has 2 aliphatic heterocycles. The number of hydrogen-bond acceptors (Lipinski definition) is 9. The molecule has 0 radical (unpaired) electrons. The molecule has 1 unspecified atom stereocenters. The van der Waals surface area contributed by atoms with Crippen molar-refractivity contribution in [3.8, 4) is 29.0 Å². The number of ether oxygens (including phenoxy) is 1. The fraction of sp³-hybridized carbons (Fsp3) is 0.344. The summed E-state index contributed by atoms with van der Waals surface area (Å²) < 4.78 is 50.6. The maximum absolute atomic E-state index is 16.6. The van der Waals surface area contributed by atoms with E-state index in [1.54, 1.807) is 4.90 Å². The number of rotatable bonds is 7. The number of amides is 1.